The number of imidazole rings is 1. The molecule has 0 aliphatic carbocycles. The number of hydrogen-bond donors (Lipinski definition) is 1. The van der Waals surface area contributed by atoms with Gasteiger partial charge in [0.05, 0.1) is 28.4 Å². The summed E-state index contributed by atoms with van der Waals surface area (Å²) in [6.07, 6.45) is -1.95. The second-order valence-electron chi connectivity index (χ2n) is 6.36. The van der Waals surface area contributed by atoms with E-state index < -0.39 is 22.4 Å². The molecule has 0 unspecified atom stereocenters. The highest BCUT2D eigenvalue weighted by Gasteiger charge is 2.38. The number of anilines is 2. The molecule has 2 aromatic heterocycles. The minimum atomic E-state index is -4.83. The number of nitrogens with one attached hydrogen (secondary N) is 1. The zero-order chi connectivity index (χ0) is 21.5. The molecule has 4 aromatic rings. The van der Waals surface area contributed by atoms with Crippen LogP contribution < -0.4 is 5.32 Å². The van der Waals surface area contributed by atoms with Crippen LogP contribution in [0.25, 0.3) is 16.9 Å². The third kappa shape index (κ3) is 3.52. The van der Waals surface area contributed by atoms with Crippen molar-refractivity contribution in [2.45, 2.75) is 13.1 Å². The first-order chi connectivity index (χ1) is 14.2. The standard InChI is InChI=1S/C19H13F3N6O2/c1-11-24-14-4-2-3-5-15(14)27(11)18-10-23-9-17(26-18)25-12-6-7-13(19(20,21)22)16(8-12)28(29)30/h2-10H,1H3,(H,25,26). The lowest BCUT2D eigenvalue weighted by atomic mass is 10.1. The molecule has 0 radical (unpaired) electrons. The Hall–Kier alpha value is -4.02. The monoisotopic (exact) mass is 414 g/mol. The highest BCUT2D eigenvalue weighted by Crippen LogP contribution is 2.37. The summed E-state index contributed by atoms with van der Waals surface area (Å²) in [7, 11) is 0. The van der Waals surface area contributed by atoms with Crippen molar-refractivity contribution in [3.8, 4) is 5.82 Å². The number of nitrogens with zero attached hydrogens (tertiary/aromatic N) is 5. The van der Waals surface area contributed by atoms with Crippen molar-refractivity contribution in [1.82, 2.24) is 19.5 Å². The first-order valence-electron chi connectivity index (χ1n) is 8.63. The maximum absolute atomic E-state index is 13.0. The smallest absolute Gasteiger partial charge is 0.339 e. The molecular formula is C19H13F3N6O2. The van der Waals surface area contributed by atoms with Gasteiger partial charge in [-0.25, -0.2) is 9.97 Å². The number of nitro groups is 1. The van der Waals surface area contributed by atoms with Crippen LogP contribution in [0.4, 0.5) is 30.4 Å². The van der Waals surface area contributed by atoms with Crippen molar-refractivity contribution >= 4 is 28.2 Å². The maximum Gasteiger partial charge on any atom is 0.423 e. The van der Waals surface area contributed by atoms with Gasteiger partial charge in [0.2, 0.25) is 0 Å². The Morgan fingerprint density at radius 1 is 1.10 bits per heavy atom. The average molecular weight is 414 g/mol. The van der Waals surface area contributed by atoms with Crippen molar-refractivity contribution < 1.29 is 18.1 Å². The molecule has 11 heteroatoms. The van der Waals surface area contributed by atoms with Crippen LogP contribution in [0.15, 0.2) is 54.9 Å². The zero-order valence-corrected chi connectivity index (χ0v) is 15.4. The normalized spacial score (nSPS) is 11.6. The number of aromatic nitrogens is 4. The van der Waals surface area contributed by atoms with Crippen molar-refractivity contribution in [2.75, 3.05) is 5.32 Å². The van der Waals surface area contributed by atoms with Gasteiger partial charge in [0.25, 0.3) is 5.69 Å². The molecule has 0 saturated carbocycles. The minimum absolute atomic E-state index is 0.0772. The number of rotatable bonds is 4. The van der Waals surface area contributed by atoms with E-state index in [1.54, 1.807) is 11.5 Å². The molecule has 0 atom stereocenters. The molecule has 30 heavy (non-hydrogen) atoms. The summed E-state index contributed by atoms with van der Waals surface area (Å²) in [6.45, 7) is 1.81. The predicted octanol–water partition coefficient (Wildman–Crippen LogP) is 4.79. The van der Waals surface area contributed by atoms with Gasteiger partial charge >= 0.3 is 6.18 Å². The van der Waals surface area contributed by atoms with E-state index in [1.807, 2.05) is 24.3 Å². The summed E-state index contributed by atoms with van der Waals surface area (Å²) in [5.41, 5.74) is -0.708. The van der Waals surface area contributed by atoms with Gasteiger partial charge in [-0.1, -0.05) is 12.1 Å². The molecule has 1 N–H and O–H groups in total. The van der Waals surface area contributed by atoms with Crippen LogP contribution in [0.3, 0.4) is 0 Å². The van der Waals surface area contributed by atoms with E-state index in [9.17, 15) is 23.3 Å². The van der Waals surface area contributed by atoms with Gasteiger partial charge in [0, 0.05) is 11.8 Å². The first kappa shape index (κ1) is 19.3. The molecule has 0 saturated heterocycles. The molecule has 0 fully saturated rings. The molecule has 8 nitrogen and oxygen atoms in total. The van der Waals surface area contributed by atoms with Gasteiger partial charge in [-0.05, 0) is 31.2 Å². The summed E-state index contributed by atoms with van der Waals surface area (Å²) < 4.78 is 40.7. The molecule has 0 bridgehead atoms. The Morgan fingerprint density at radius 3 is 2.60 bits per heavy atom. The number of hydrogen-bond acceptors (Lipinski definition) is 6. The number of fused-ring (bicyclic) bond motifs is 1. The van der Waals surface area contributed by atoms with Crippen LogP contribution in [0, 0.1) is 17.0 Å². The van der Waals surface area contributed by atoms with E-state index in [0.717, 1.165) is 23.2 Å². The third-order valence-corrected chi connectivity index (χ3v) is 4.35. The van der Waals surface area contributed by atoms with E-state index in [1.165, 1.54) is 12.4 Å². The lowest BCUT2D eigenvalue weighted by Crippen LogP contribution is -2.09. The van der Waals surface area contributed by atoms with Crippen LogP contribution in [0.2, 0.25) is 0 Å². The van der Waals surface area contributed by atoms with E-state index in [4.69, 9.17) is 0 Å². The Bertz CT molecular complexity index is 1270. The SMILES string of the molecule is Cc1nc2ccccc2n1-c1cncc(Nc2ccc(C(F)(F)F)c([N+](=O)[O-])c2)n1. The second kappa shape index (κ2) is 7.10. The maximum atomic E-state index is 13.0. The van der Waals surface area contributed by atoms with E-state index in [0.29, 0.717) is 17.7 Å². The number of para-hydroxylation sites is 2. The van der Waals surface area contributed by atoms with Crippen molar-refractivity contribution in [3.05, 3.63) is 76.4 Å². The third-order valence-electron chi connectivity index (χ3n) is 4.35. The summed E-state index contributed by atoms with van der Waals surface area (Å²) in [5, 5.41) is 13.9. The summed E-state index contributed by atoms with van der Waals surface area (Å²) >= 11 is 0. The Labute approximate surface area is 167 Å². The van der Waals surface area contributed by atoms with E-state index in [-0.39, 0.29) is 11.5 Å². The molecule has 4 rings (SSSR count). The Balaban J connectivity index is 1.71. The molecule has 0 amide bonds. The minimum Gasteiger partial charge on any atom is -0.339 e. The Morgan fingerprint density at radius 2 is 1.87 bits per heavy atom. The molecule has 152 valence electrons. The summed E-state index contributed by atoms with van der Waals surface area (Å²) in [6, 6.07) is 10.0. The van der Waals surface area contributed by atoms with Gasteiger partial charge in [-0.15, -0.1) is 0 Å². The fraction of sp³-hybridized carbons (Fsp3) is 0.105. The van der Waals surface area contributed by atoms with Gasteiger partial charge in [-0.2, -0.15) is 13.2 Å². The summed E-state index contributed by atoms with van der Waals surface area (Å²) in [4.78, 5) is 23.0. The molecule has 2 aromatic carbocycles. The van der Waals surface area contributed by atoms with E-state index in [2.05, 4.69) is 20.3 Å². The van der Waals surface area contributed by atoms with Crippen molar-refractivity contribution in [3.63, 3.8) is 0 Å². The number of alkyl halides is 3. The van der Waals surface area contributed by atoms with Gasteiger partial charge in [0.15, 0.2) is 11.6 Å². The fourth-order valence-electron chi connectivity index (χ4n) is 3.11. The second-order valence-corrected chi connectivity index (χ2v) is 6.36. The average Bonchev–Trinajstić information content (AvgIpc) is 3.03. The van der Waals surface area contributed by atoms with Crippen LogP contribution in [0.1, 0.15) is 11.4 Å². The molecule has 0 aliphatic heterocycles. The number of halogens is 3. The van der Waals surface area contributed by atoms with Gasteiger partial charge in [-0.3, -0.25) is 19.7 Å². The van der Waals surface area contributed by atoms with Crippen LogP contribution in [-0.4, -0.2) is 24.4 Å². The highest BCUT2D eigenvalue weighted by atomic mass is 19.4. The first-order valence-corrected chi connectivity index (χ1v) is 8.63. The lowest BCUT2D eigenvalue weighted by molar-refractivity contribution is -0.388. The van der Waals surface area contributed by atoms with Crippen LogP contribution >= 0.6 is 0 Å². The van der Waals surface area contributed by atoms with Gasteiger partial charge in [0.1, 0.15) is 11.4 Å². The molecule has 0 spiro atoms. The van der Waals surface area contributed by atoms with Crippen LogP contribution in [0.5, 0.6) is 0 Å². The number of benzene rings is 2. The topological polar surface area (TPSA) is 98.8 Å². The Kier molecular flexibility index (Phi) is 4.57. The predicted molar refractivity (Wildman–Crippen MR) is 103 cm³/mol. The van der Waals surface area contributed by atoms with Gasteiger partial charge < -0.3 is 5.32 Å². The molecule has 2 heterocycles. The largest absolute Gasteiger partial charge is 0.423 e. The van der Waals surface area contributed by atoms with E-state index >= 15 is 0 Å². The fourth-order valence-corrected chi connectivity index (χ4v) is 3.11. The molecular weight excluding hydrogens is 401 g/mol. The lowest BCUT2D eigenvalue weighted by Gasteiger charge is -2.11. The van der Waals surface area contributed by atoms with Crippen molar-refractivity contribution in [2.24, 2.45) is 0 Å². The summed E-state index contributed by atoms with van der Waals surface area (Å²) in [5.74, 6) is 1.32. The number of aryl methyl sites for hydroxylation is 1. The highest BCUT2D eigenvalue weighted by molar-refractivity contribution is 5.77. The zero-order valence-electron chi connectivity index (χ0n) is 15.4. The number of nitro benzene ring substituents is 1. The van der Waals surface area contributed by atoms with Crippen molar-refractivity contribution in [1.29, 1.82) is 0 Å². The molecule has 0 aliphatic rings. The van der Waals surface area contributed by atoms with Crippen LogP contribution in [-0.2, 0) is 6.18 Å². The quantitative estimate of drug-likeness (QED) is 0.381.